The lowest BCUT2D eigenvalue weighted by atomic mass is 9.97. The first-order valence-electron chi connectivity index (χ1n) is 5.67. The van der Waals surface area contributed by atoms with E-state index < -0.39 is 0 Å². The molecule has 2 N–H and O–H groups in total. The summed E-state index contributed by atoms with van der Waals surface area (Å²) < 4.78 is 0. The maximum atomic E-state index is 6.15. The molecule has 0 spiro atoms. The highest BCUT2D eigenvalue weighted by Crippen LogP contribution is 2.30. The highest BCUT2D eigenvalue weighted by Gasteiger charge is 2.11. The standard InChI is InChI=1S/C14H18N2/c1-8(2)11-6-5-7-12-13(15)9(3)10(4)16-14(11)12/h5-8H,1-4H3,(H2,15,16). The number of nitrogens with zero attached hydrogens (tertiary/aromatic N) is 1. The van der Waals surface area contributed by atoms with E-state index in [9.17, 15) is 0 Å². The van der Waals surface area contributed by atoms with Gasteiger partial charge in [0.05, 0.1) is 5.52 Å². The maximum Gasteiger partial charge on any atom is 0.0760 e. The molecule has 0 bridgehead atoms. The van der Waals surface area contributed by atoms with Crippen molar-refractivity contribution in [3.63, 3.8) is 0 Å². The normalized spacial score (nSPS) is 11.3. The van der Waals surface area contributed by atoms with Crippen molar-refractivity contribution in [1.82, 2.24) is 4.98 Å². The molecule has 2 aromatic rings. The van der Waals surface area contributed by atoms with Crippen molar-refractivity contribution in [2.45, 2.75) is 33.6 Å². The summed E-state index contributed by atoms with van der Waals surface area (Å²) in [7, 11) is 0. The van der Waals surface area contributed by atoms with Crippen molar-refractivity contribution in [3.05, 3.63) is 35.0 Å². The Balaban J connectivity index is 2.89. The molecular formula is C14H18N2. The summed E-state index contributed by atoms with van der Waals surface area (Å²) in [5.74, 6) is 0.470. The van der Waals surface area contributed by atoms with Gasteiger partial charge in [-0.25, -0.2) is 0 Å². The molecule has 1 aromatic heterocycles. The molecule has 0 fully saturated rings. The number of nitrogens with two attached hydrogens (primary N) is 1. The third-order valence-electron chi connectivity index (χ3n) is 3.21. The van der Waals surface area contributed by atoms with E-state index in [0.29, 0.717) is 5.92 Å². The van der Waals surface area contributed by atoms with E-state index in [1.165, 1.54) is 5.56 Å². The van der Waals surface area contributed by atoms with Gasteiger partial charge < -0.3 is 5.73 Å². The van der Waals surface area contributed by atoms with Gasteiger partial charge in [-0.05, 0) is 30.9 Å². The van der Waals surface area contributed by atoms with Crippen LogP contribution >= 0.6 is 0 Å². The fourth-order valence-electron chi connectivity index (χ4n) is 2.02. The minimum atomic E-state index is 0.470. The molecule has 2 rings (SSSR count). The lowest BCUT2D eigenvalue weighted by Crippen LogP contribution is -2.00. The number of aromatic nitrogens is 1. The van der Waals surface area contributed by atoms with Gasteiger partial charge in [-0.2, -0.15) is 0 Å². The van der Waals surface area contributed by atoms with Crippen molar-refractivity contribution in [3.8, 4) is 0 Å². The molecule has 0 atom stereocenters. The van der Waals surface area contributed by atoms with Crippen LogP contribution in [-0.4, -0.2) is 4.98 Å². The summed E-state index contributed by atoms with van der Waals surface area (Å²) in [5.41, 5.74) is 11.5. The number of para-hydroxylation sites is 1. The number of benzene rings is 1. The molecule has 0 aliphatic rings. The van der Waals surface area contributed by atoms with E-state index in [1.807, 2.05) is 13.8 Å². The average molecular weight is 214 g/mol. The van der Waals surface area contributed by atoms with Gasteiger partial charge >= 0.3 is 0 Å². The van der Waals surface area contributed by atoms with E-state index in [2.05, 4.69) is 37.0 Å². The molecule has 0 amide bonds. The summed E-state index contributed by atoms with van der Waals surface area (Å²) in [5, 5.41) is 1.08. The van der Waals surface area contributed by atoms with Crippen LogP contribution < -0.4 is 5.73 Å². The predicted octanol–water partition coefficient (Wildman–Crippen LogP) is 3.56. The Hall–Kier alpha value is -1.57. The molecule has 0 saturated heterocycles. The van der Waals surface area contributed by atoms with Crippen molar-refractivity contribution >= 4 is 16.6 Å². The largest absolute Gasteiger partial charge is 0.398 e. The topological polar surface area (TPSA) is 38.9 Å². The number of hydrogen-bond donors (Lipinski definition) is 1. The lowest BCUT2D eigenvalue weighted by molar-refractivity contribution is 0.872. The van der Waals surface area contributed by atoms with Gasteiger partial charge in [-0.1, -0.05) is 32.0 Å². The Morgan fingerprint density at radius 2 is 1.88 bits per heavy atom. The Morgan fingerprint density at radius 1 is 1.19 bits per heavy atom. The highest BCUT2D eigenvalue weighted by atomic mass is 14.7. The number of anilines is 1. The predicted molar refractivity (Wildman–Crippen MR) is 69.7 cm³/mol. The molecule has 0 aliphatic carbocycles. The Bertz CT molecular complexity index is 542. The number of fused-ring (bicyclic) bond motifs is 1. The number of hydrogen-bond acceptors (Lipinski definition) is 2. The summed E-state index contributed by atoms with van der Waals surface area (Å²) >= 11 is 0. The van der Waals surface area contributed by atoms with Crippen LogP contribution in [0.4, 0.5) is 5.69 Å². The zero-order chi connectivity index (χ0) is 11.9. The van der Waals surface area contributed by atoms with Crippen LogP contribution in [0.25, 0.3) is 10.9 Å². The summed E-state index contributed by atoms with van der Waals surface area (Å²) in [6.07, 6.45) is 0. The maximum absolute atomic E-state index is 6.15. The van der Waals surface area contributed by atoms with Crippen LogP contribution in [0.2, 0.25) is 0 Å². The smallest absolute Gasteiger partial charge is 0.0760 e. The molecule has 0 radical (unpaired) electrons. The van der Waals surface area contributed by atoms with Crippen LogP contribution in [-0.2, 0) is 0 Å². The molecule has 84 valence electrons. The van der Waals surface area contributed by atoms with Gasteiger partial charge in [0.15, 0.2) is 0 Å². The van der Waals surface area contributed by atoms with Gasteiger partial charge in [0.2, 0.25) is 0 Å². The first kappa shape index (κ1) is 10.9. The van der Waals surface area contributed by atoms with E-state index in [1.54, 1.807) is 0 Å². The Labute approximate surface area is 96.5 Å². The van der Waals surface area contributed by atoms with Gasteiger partial charge in [0.25, 0.3) is 0 Å². The number of rotatable bonds is 1. The summed E-state index contributed by atoms with van der Waals surface area (Å²) in [6.45, 7) is 8.41. The van der Waals surface area contributed by atoms with Gasteiger partial charge in [0, 0.05) is 16.8 Å². The molecular weight excluding hydrogens is 196 g/mol. The van der Waals surface area contributed by atoms with Gasteiger partial charge in [-0.15, -0.1) is 0 Å². The van der Waals surface area contributed by atoms with E-state index >= 15 is 0 Å². The van der Waals surface area contributed by atoms with E-state index in [-0.39, 0.29) is 0 Å². The van der Waals surface area contributed by atoms with E-state index in [4.69, 9.17) is 5.73 Å². The van der Waals surface area contributed by atoms with Crippen LogP contribution in [0.15, 0.2) is 18.2 Å². The lowest BCUT2D eigenvalue weighted by Gasteiger charge is -2.13. The molecule has 0 saturated carbocycles. The van der Waals surface area contributed by atoms with Gasteiger partial charge in [-0.3, -0.25) is 4.98 Å². The number of aryl methyl sites for hydroxylation is 1. The Kier molecular flexibility index (Phi) is 2.58. The zero-order valence-electron chi connectivity index (χ0n) is 10.3. The number of pyridine rings is 1. The molecule has 1 heterocycles. The Morgan fingerprint density at radius 3 is 2.50 bits per heavy atom. The van der Waals surface area contributed by atoms with Gasteiger partial charge in [0.1, 0.15) is 0 Å². The van der Waals surface area contributed by atoms with Crippen LogP contribution in [0.3, 0.4) is 0 Å². The molecule has 2 nitrogen and oxygen atoms in total. The van der Waals surface area contributed by atoms with Crippen molar-refractivity contribution < 1.29 is 0 Å². The minimum Gasteiger partial charge on any atom is -0.398 e. The second kappa shape index (κ2) is 3.78. The van der Waals surface area contributed by atoms with Crippen molar-refractivity contribution in [2.75, 3.05) is 5.73 Å². The minimum absolute atomic E-state index is 0.470. The van der Waals surface area contributed by atoms with E-state index in [0.717, 1.165) is 27.8 Å². The van der Waals surface area contributed by atoms with Crippen LogP contribution in [0.1, 0.15) is 36.6 Å². The fourth-order valence-corrected chi connectivity index (χ4v) is 2.02. The summed E-state index contributed by atoms with van der Waals surface area (Å²) in [4.78, 5) is 4.68. The first-order chi connectivity index (χ1) is 7.52. The average Bonchev–Trinajstić information content (AvgIpc) is 2.25. The molecule has 16 heavy (non-hydrogen) atoms. The molecule has 0 aliphatic heterocycles. The quantitative estimate of drug-likeness (QED) is 0.788. The highest BCUT2D eigenvalue weighted by molar-refractivity contribution is 5.94. The third-order valence-corrected chi connectivity index (χ3v) is 3.21. The SMILES string of the molecule is Cc1nc2c(C(C)C)cccc2c(N)c1C. The first-order valence-corrected chi connectivity index (χ1v) is 5.67. The second-order valence-electron chi connectivity index (χ2n) is 4.63. The molecule has 1 aromatic carbocycles. The molecule has 0 unspecified atom stereocenters. The van der Waals surface area contributed by atoms with Crippen molar-refractivity contribution in [1.29, 1.82) is 0 Å². The van der Waals surface area contributed by atoms with Crippen molar-refractivity contribution in [2.24, 2.45) is 0 Å². The summed E-state index contributed by atoms with van der Waals surface area (Å²) in [6, 6.07) is 6.24. The third kappa shape index (κ3) is 1.54. The fraction of sp³-hybridized carbons (Fsp3) is 0.357. The molecule has 2 heteroatoms. The second-order valence-corrected chi connectivity index (χ2v) is 4.63. The number of nitrogen functional groups attached to an aromatic ring is 1. The van der Waals surface area contributed by atoms with Crippen LogP contribution in [0.5, 0.6) is 0 Å². The van der Waals surface area contributed by atoms with Crippen LogP contribution in [0, 0.1) is 13.8 Å². The monoisotopic (exact) mass is 214 g/mol. The zero-order valence-corrected chi connectivity index (χ0v) is 10.3.